The van der Waals surface area contributed by atoms with Gasteiger partial charge in [0.25, 0.3) is 0 Å². The van der Waals surface area contributed by atoms with Gasteiger partial charge in [0.2, 0.25) is 0 Å². The Hall–Kier alpha value is -1.49. The van der Waals surface area contributed by atoms with Gasteiger partial charge < -0.3 is 19.8 Å². The molecular formula is C20H35N3O2. The second kappa shape index (κ2) is 12.0. The van der Waals surface area contributed by atoms with E-state index in [9.17, 15) is 0 Å². The average Bonchev–Trinajstić information content (AvgIpc) is 3.30. The molecule has 0 aromatic carbocycles. The number of nitrogens with one attached hydrogen (secondary N) is 2. The van der Waals surface area contributed by atoms with E-state index in [-0.39, 0.29) is 0 Å². The molecular weight excluding hydrogens is 314 g/mol. The van der Waals surface area contributed by atoms with Crippen molar-refractivity contribution in [2.24, 2.45) is 10.9 Å². The smallest absolute Gasteiger partial charge is 0.191 e. The van der Waals surface area contributed by atoms with Gasteiger partial charge in [-0.1, -0.05) is 32.6 Å². The highest BCUT2D eigenvalue weighted by molar-refractivity contribution is 5.80. The molecule has 1 aromatic heterocycles. The van der Waals surface area contributed by atoms with E-state index < -0.39 is 0 Å². The zero-order valence-corrected chi connectivity index (χ0v) is 15.9. The van der Waals surface area contributed by atoms with E-state index in [4.69, 9.17) is 14.1 Å². The second-order valence-corrected chi connectivity index (χ2v) is 7.07. The van der Waals surface area contributed by atoms with Gasteiger partial charge in [-0.05, 0) is 31.9 Å². The lowest BCUT2D eigenvalue weighted by Crippen LogP contribution is -2.43. The van der Waals surface area contributed by atoms with Crippen molar-refractivity contribution in [2.45, 2.75) is 64.8 Å². The van der Waals surface area contributed by atoms with Gasteiger partial charge in [-0.3, -0.25) is 4.99 Å². The molecule has 2 heterocycles. The lowest BCUT2D eigenvalue weighted by Gasteiger charge is -2.19. The summed E-state index contributed by atoms with van der Waals surface area (Å²) in [6.07, 6.45) is 10.1. The molecule has 0 radical (unpaired) electrons. The molecule has 1 fully saturated rings. The number of furan rings is 1. The highest BCUT2D eigenvalue weighted by Gasteiger charge is 2.15. The summed E-state index contributed by atoms with van der Waals surface area (Å²) < 4.78 is 10.9. The topological polar surface area (TPSA) is 58.8 Å². The van der Waals surface area contributed by atoms with Crippen molar-refractivity contribution in [3.63, 3.8) is 0 Å². The Morgan fingerprint density at radius 1 is 1.36 bits per heavy atom. The van der Waals surface area contributed by atoms with Crippen LogP contribution >= 0.6 is 0 Å². The predicted molar refractivity (Wildman–Crippen MR) is 103 cm³/mol. The van der Waals surface area contributed by atoms with Crippen LogP contribution < -0.4 is 10.6 Å². The first-order valence-electron chi connectivity index (χ1n) is 9.93. The highest BCUT2D eigenvalue weighted by atomic mass is 16.5. The van der Waals surface area contributed by atoms with Crippen LogP contribution in [0.3, 0.4) is 0 Å². The van der Waals surface area contributed by atoms with Crippen molar-refractivity contribution in [2.75, 3.05) is 26.3 Å². The molecule has 2 N–H and O–H groups in total. The summed E-state index contributed by atoms with van der Waals surface area (Å²) in [6, 6.07) is 4.38. The highest BCUT2D eigenvalue weighted by Crippen LogP contribution is 2.12. The first-order chi connectivity index (χ1) is 12.3. The standard InChI is InChI=1S/C20H35N3O2/c1-3-4-5-6-8-17(2)23-20(22-15-18-11-14-24-16-18)21-12-10-19-9-7-13-25-19/h7,9,13,17-18H,3-6,8,10-12,14-16H2,1-2H3,(H2,21,22,23). The monoisotopic (exact) mass is 349 g/mol. The van der Waals surface area contributed by atoms with E-state index in [1.807, 2.05) is 12.1 Å². The molecule has 1 aliphatic rings. The normalized spacial score (nSPS) is 19.1. The average molecular weight is 350 g/mol. The number of guanidine groups is 1. The molecule has 1 aliphatic heterocycles. The molecule has 5 heteroatoms. The first kappa shape index (κ1) is 19.8. The Morgan fingerprint density at radius 3 is 3.00 bits per heavy atom. The van der Waals surface area contributed by atoms with Crippen LogP contribution in [0.25, 0.3) is 0 Å². The maximum absolute atomic E-state index is 5.45. The van der Waals surface area contributed by atoms with Crippen LogP contribution in [0.5, 0.6) is 0 Å². The van der Waals surface area contributed by atoms with Crippen LogP contribution in [0.1, 0.15) is 58.1 Å². The summed E-state index contributed by atoms with van der Waals surface area (Å²) in [6.45, 7) is 7.87. The summed E-state index contributed by atoms with van der Waals surface area (Å²) in [7, 11) is 0. The quantitative estimate of drug-likeness (QED) is 0.363. The van der Waals surface area contributed by atoms with Gasteiger partial charge in [-0.25, -0.2) is 0 Å². The van der Waals surface area contributed by atoms with E-state index in [0.29, 0.717) is 12.0 Å². The number of ether oxygens (including phenoxy) is 1. The second-order valence-electron chi connectivity index (χ2n) is 7.07. The van der Waals surface area contributed by atoms with Crippen LogP contribution in [0, 0.1) is 5.92 Å². The molecule has 142 valence electrons. The molecule has 2 rings (SSSR count). The van der Waals surface area contributed by atoms with Crippen LogP contribution in [0.15, 0.2) is 27.8 Å². The number of hydrogen-bond donors (Lipinski definition) is 2. The van der Waals surface area contributed by atoms with Gasteiger partial charge in [0.15, 0.2) is 5.96 Å². The third kappa shape index (κ3) is 8.43. The minimum Gasteiger partial charge on any atom is -0.469 e. The van der Waals surface area contributed by atoms with Gasteiger partial charge in [0, 0.05) is 38.1 Å². The molecule has 0 aliphatic carbocycles. The van der Waals surface area contributed by atoms with Crippen molar-refractivity contribution in [1.82, 2.24) is 10.6 Å². The van der Waals surface area contributed by atoms with Gasteiger partial charge in [-0.15, -0.1) is 0 Å². The summed E-state index contributed by atoms with van der Waals surface area (Å²) in [4.78, 5) is 4.79. The zero-order valence-electron chi connectivity index (χ0n) is 15.9. The minimum absolute atomic E-state index is 0.437. The Balaban J connectivity index is 1.76. The lowest BCUT2D eigenvalue weighted by molar-refractivity contribution is 0.187. The SMILES string of the molecule is CCCCCCC(C)NC(=NCC1CCOC1)NCCc1ccco1. The fourth-order valence-electron chi connectivity index (χ4n) is 3.04. The van der Waals surface area contributed by atoms with Crippen LogP contribution in [-0.4, -0.2) is 38.3 Å². The van der Waals surface area contributed by atoms with Gasteiger partial charge in [0.05, 0.1) is 12.9 Å². The fraction of sp³-hybridized carbons (Fsp3) is 0.750. The van der Waals surface area contributed by atoms with Crippen LogP contribution in [0.2, 0.25) is 0 Å². The minimum atomic E-state index is 0.437. The van der Waals surface area contributed by atoms with E-state index in [2.05, 4.69) is 24.5 Å². The fourth-order valence-corrected chi connectivity index (χ4v) is 3.04. The number of unbranched alkanes of at least 4 members (excludes halogenated alkanes) is 3. The molecule has 1 saturated heterocycles. The molecule has 5 nitrogen and oxygen atoms in total. The maximum atomic E-state index is 5.45. The molecule has 1 aromatic rings. The summed E-state index contributed by atoms with van der Waals surface area (Å²) >= 11 is 0. The molecule has 0 bridgehead atoms. The molecule has 2 unspecified atom stereocenters. The van der Waals surface area contributed by atoms with Crippen LogP contribution in [-0.2, 0) is 11.2 Å². The van der Waals surface area contributed by atoms with E-state index in [1.54, 1.807) is 6.26 Å². The number of aliphatic imine (C=N–C) groups is 1. The van der Waals surface area contributed by atoms with E-state index in [1.165, 1.54) is 32.1 Å². The Bertz CT molecular complexity index is 467. The molecule has 0 spiro atoms. The van der Waals surface area contributed by atoms with Crippen molar-refractivity contribution < 1.29 is 9.15 Å². The van der Waals surface area contributed by atoms with Crippen molar-refractivity contribution in [3.8, 4) is 0 Å². The van der Waals surface area contributed by atoms with Crippen molar-refractivity contribution in [1.29, 1.82) is 0 Å². The molecule has 0 saturated carbocycles. The van der Waals surface area contributed by atoms with Crippen LogP contribution in [0.4, 0.5) is 0 Å². The van der Waals surface area contributed by atoms with Crippen molar-refractivity contribution in [3.05, 3.63) is 24.2 Å². The zero-order chi connectivity index (χ0) is 17.7. The first-order valence-corrected chi connectivity index (χ1v) is 9.93. The maximum Gasteiger partial charge on any atom is 0.191 e. The Morgan fingerprint density at radius 2 is 2.28 bits per heavy atom. The van der Waals surface area contributed by atoms with Gasteiger partial charge in [0.1, 0.15) is 5.76 Å². The van der Waals surface area contributed by atoms with Crippen molar-refractivity contribution >= 4 is 5.96 Å². The predicted octanol–water partition coefficient (Wildman–Crippen LogP) is 3.75. The third-order valence-corrected chi connectivity index (χ3v) is 4.65. The largest absolute Gasteiger partial charge is 0.469 e. The van der Waals surface area contributed by atoms with Gasteiger partial charge in [-0.2, -0.15) is 0 Å². The summed E-state index contributed by atoms with van der Waals surface area (Å²) in [5.74, 6) is 2.48. The molecule has 0 amide bonds. The Labute approximate surface area is 152 Å². The number of hydrogen-bond acceptors (Lipinski definition) is 3. The molecule has 25 heavy (non-hydrogen) atoms. The third-order valence-electron chi connectivity index (χ3n) is 4.65. The van der Waals surface area contributed by atoms with Gasteiger partial charge >= 0.3 is 0 Å². The van der Waals surface area contributed by atoms with E-state index in [0.717, 1.165) is 50.9 Å². The Kier molecular flexibility index (Phi) is 9.49. The van der Waals surface area contributed by atoms with E-state index >= 15 is 0 Å². The lowest BCUT2D eigenvalue weighted by atomic mass is 10.1. The summed E-state index contributed by atoms with van der Waals surface area (Å²) in [5, 5.41) is 7.02. The number of nitrogens with zero attached hydrogens (tertiary/aromatic N) is 1. The summed E-state index contributed by atoms with van der Waals surface area (Å²) in [5.41, 5.74) is 0. The number of rotatable bonds is 11. The molecule has 2 atom stereocenters.